The highest BCUT2D eigenvalue weighted by Gasteiger charge is 2.44. The van der Waals surface area contributed by atoms with E-state index in [1.165, 1.54) is 0 Å². The Morgan fingerprint density at radius 3 is 2.49 bits per heavy atom. The van der Waals surface area contributed by atoms with Crippen LogP contribution in [0.3, 0.4) is 0 Å². The fraction of sp³-hybridized carbons (Fsp3) is 0.344. The van der Waals surface area contributed by atoms with Crippen molar-refractivity contribution in [3.05, 3.63) is 71.7 Å². The SMILES string of the molecule is O=C1CCC(N2C(=O)c3ccc(NC[C@H]4C[C@H](n5cc(-c6cnc7ccccc7n6)c(C6CC6)n5)C4)cc3C2=O)C(=O)N1. The summed E-state index contributed by atoms with van der Waals surface area (Å²) in [5.74, 6) is -1.07. The van der Waals surface area contributed by atoms with Crippen LogP contribution in [0.25, 0.3) is 22.3 Å². The van der Waals surface area contributed by atoms with Crippen LogP contribution in [0.4, 0.5) is 5.69 Å². The lowest BCUT2D eigenvalue weighted by Crippen LogP contribution is -2.54. The molecule has 4 aliphatic rings. The Morgan fingerprint density at radius 1 is 0.907 bits per heavy atom. The summed E-state index contributed by atoms with van der Waals surface area (Å²) in [6.45, 7) is 0.730. The first-order chi connectivity index (χ1) is 20.9. The molecule has 2 aliphatic carbocycles. The van der Waals surface area contributed by atoms with Crippen molar-refractivity contribution in [2.24, 2.45) is 5.92 Å². The number of nitrogens with zero attached hydrogens (tertiary/aromatic N) is 5. The highest BCUT2D eigenvalue weighted by Crippen LogP contribution is 2.45. The number of rotatable bonds is 7. The van der Waals surface area contributed by atoms with Gasteiger partial charge in [-0.15, -0.1) is 0 Å². The lowest BCUT2D eigenvalue weighted by molar-refractivity contribution is -0.136. The molecular weight excluding hydrogens is 546 g/mol. The van der Waals surface area contributed by atoms with Crippen molar-refractivity contribution in [2.75, 3.05) is 11.9 Å². The standard InChI is InChI=1S/C32H29N7O4/c40-28-10-9-27(30(41)36-28)39-31(42)21-8-7-19(13-22(21)32(39)43)33-14-17-11-20(12-17)38-16-23(29(37-38)18-5-6-18)26-15-34-24-3-1-2-4-25(24)35-26/h1-4,7-8,13,15-18,20,27,33H,5-6,9-12,14H2,(H,36,40,41)/t17-,20-,27?. The molecule has 2 aliphatic heterocycles. The Labute approximate surface area is 246 Å². The van der Waals surface area contributed by atoms with E-state index in [1.54, 1.807) is 18.2 Å². The lowest BCUT2D eigenvalue weighted by Gasteiger charge is -2.35. The number of amides is 4. The molecule has 3 fully saturated rings. The highest BCUT2D eigenvalue weighted by molar-refractivity contribution is 6.23. The van der Waals surface area contributed by atoms with Crippen LogP contribution in [0.5, 0.6) is 0 Å². The van der Waals surface area contributed by atoms with E-state index in [0.717, 1.165) is 70.8 Å². The van der Waals surface area contributed by atoms with Gasteiger partial charge < -0.3 is 5.32 Å². The minimum Gasteiger partial charge on any atom is -0.385 e. The van der Waals surface area contributed by atoms with Crippen LogP contribution in [0.1, 0.15) is 76.9 Å². The lowest BCUT2D eigenvalue weighted by atomic mass is 9.80. The van der Waals surface area contributed by atoms with E-state index in [1.807, 2.05) is 30.5 Å². The van der Waals surface area contributed by atoms with Gasteiger partial charge >= 0.3 is 0 Å². The van der Waals surface area contributed by atoms with Gasteiger partial charge in [0.25, 0.3) is 11.8 Å². The number of aromatic nitrogens is 4. The number of hydrogen-bond donors (Lipinski definition) is 2. The summed E-state index contributed by atoms with van der Waals surface area (Å²) >= 11 is 0. The van der Waals surface area contributed by atoms with Gasteiger partial charge in [0.15, 0.2) is 0 Å². The predicted molar refractivity (Wildman–Crippen MR) is 156 cm³/mol. The van der Waals surface area contributed by atoms with E-state index >= 15 is 0 Å². The maximum absolute atomic E-state index is 13.1. The van der Waals surface area contributed by atoms with Gasteiger partial charge in [0.05, 0.1) is 45.8 Å². The molecule has 0 bridgehead atoms. The van der Waals surface area contributed by atoms with Crippen LogP contribution in [0.2, 0.25) is 0 Å². The molecule has 4 aromatic rings. The van der Waals surface area contributed by atoms with Gasteiger partial charge in [0.2, 0.25) is 11.8 Å². The molecule has 2 aromatic carbocycles. The van der Waals surface area contributed by atoms with Crippen LogP contribution < -0.4 is 10.6 Å². The molecular formula is C32H29N7O4. The Balaban J connectivity index is 0.923. The summed E-state index contributed by atoms with van der Waals surface area (Å²) in [5.41, 5.74) is 6.13. The zero-order chi connectivity index (χ0) is 29.2. The third kappa shape index (κ3) is 4.46. The van der Waals surface area contributed by atoms with Crippen molar-refractivity contribution in [3.8, 4) is 11.3 Å². The zero-order valence-corrected chi connectivity index (χ0v) is 23.3. The number of carbonyl (C=O) groups is 4. The molecule has 4 heterocycles. The highest BCUT2D eigenvalue weighted by atomic mass is 16.2. The number of fused-ring (bicyclic) bond motifs is 2. The molecule has 1 atom stereocenters. The van der Waals surface area contributed by atoms with Crippen molar-refractivity contribution in [1.29, 1.82) is 0 Å². The number of anilines is 1. The second-order valence-electron chi connectivity index (χ2n) is 12.0. The fourth-order valence-corrected chi connectivity index (χ4v) is 6.46. The normalized spacial score (nSPS) is 23.3. The van der Waals surface area contributed by atoms with Crippen LogP contribution in [-0.4, -0.2) is 60.9 Å². The van der Waals surface area contributed by atoms with Crippen molar-refractivity contribution in [1.82, 2.24) is 30.0 Å². The Kier molecular flexibility index (Phi) is 5.88. The van der Waals surface area contributed by atoms with Crippen LogP contribution in [-0.2, 0) is 9.59 Å². The van der Waals surface area contributed by atoms with E-state index < -0.39 is 29.7 Å². The largest absolute Gasteiger partial charge is 0.385 e. The Hall–Kier alpha value is -4.93. The summed E-state index contributed by atoms with van der Waals surface area (Å²) < 4.78 is 2.11. The topological polar surface area (TPSA) is 139 Å². The van der Waals surface area contributed by atoms with Crippen molar-refractivity contribution < 1.29 is 19.2 Å². The fourth-order valence-electron chi connectivity index (χ4n) is 6.46. The summed E-state index contributed by atoms with van der Waals surface area (Å²) in [7, 11) is 0. The second kappa shape index (κ2) is 9.82. The van der Waals surface area contributed by atoms with E-state index in [0.29, 0.717) is 17.9 Å². The van der Waals surface area contributed by atoms with E-state index in [9.17, 15) is 19.2 Å². The molecule has 1 unspecified atom stereocenters. The number of benzene rings is 2. The van der Waals surface area contributed by atoms with Gasteiger partial charge in [0, 0.05) is 36.3 Å². The molecule has 0 spiro atoms. The van der Waals surface area contributed by atoms with Crippen LogP contribution >= 0.6 is 0 Å². The van der Waals surface area contributed by atoms with Crippen molar-refractivity contribution in [2.45, 2.75) is 56.5 Å². The zero-order valence-electron chi connectivity index (χ0n) is 23.3. The number of carbonyl (C=O) groups excluding carboxylic acids is 4. The minimum absolute atomic E-state index is 0.0955. The maximum atomic E-state index is 13.1. The van der Waals surface area contributed by atoms with Gasteiger partial charge in [-0.25, -0.2) is 4.98 Å². The van der Waals surface area contributed by atoms with E-state index in [-0.39, 0.29) is 24.0 Å². The number of piperidine rings is 1. The Morgan fingerprint density at radius 2 is 1.70 bits per heavy atom. The smallest absolute Gasteiger partial charge is 0.262 e. The molecule has 8 rings (SSSR count). The number of hydrogen-bond acceptors (Lipinski definition) is 8. The molecule has 2 N–H and O–H groups in total. The van der Waals surface area contributed by atoms with Crippen molar-refractivity contribution >= 4 is 40.3 Å². The first-order valence-corrected chi connectivity index (χ1v) is 14.8. The van der Waals surface area contributed by atoms with Gasteiger partial charge in [-0.05, 0) is 68.4 Å². The molecule has 1 saturated heterocycles. The van der Waals surface area contributed by atoms with Gasteiger partial charge in [0.1, 0.15) is 6.04 Å². The van der Waals surface area contributed by atoms with Gasteiger partial charge in [-0.3, -0.25) is 39.1 Å². The summed E-state index contributed by atoms with van der Waals surface area (Å²) in [4.78, 5) is 60.4. The van der Waals surface area contributed by atoms with E-state index in [2.05, 4.69) is 26.5 Å². The first kappa shape index (κ1) is 25.8. The second-order valence-corrected chi connectivity index (χ2v) is 12.0. The Bertz CT molecular complexity index is 1840. The number of nitrogens with one attached hydrogen (secondary N) is 2. The maximum Gasteiger partial charge on any atom is 0.262 e. The third-order valence-electron chi connectivity index (χ3n) is 9.07. The monoisotopic (exact) mass is 575 g/mol. The predicted octanol–water partition coefficient (Wildman–Crippen LogP) is 3.84. The summed E-state index contributed by atoms with van der Waals surface area (Å²) in [6, 6.07) is 12.4. The average Bonchev–Trinajstić information content (AvgIpc) is 3.70. The average molecular weight is 576 g/mol. The molecule has 0 radical (unpaired) electrons. The number of imide groups is 2. The molecule has 43 heavy (non-hydrogen) atoms. The molecule has 11 heteroatoms. The third-order valence-corrected chi connectivity index (χ3v) is 9.07. The molecule has 2 saturated carbocycles. The molecule has 2 aromatic heterocycles. The van der Waals surface area contributed by atoms with E-state index in [4.69, 9.17) is 10.1 Å². The van der Waals surface area contributed by atoms with Crippen molar-refractivity contribution in [3.63, 3.8) is 0 Å². The molecule has 216 valence electrons. The quantitative estimate of drug-likeness (QED) is 0.317. The van der Waals surface area contributed by atoms with Gasteiger partial charge in [-0.1, -0.05) is 12.1 Å². The van der Waals surface area contributed by atoms with Crippen LogP contribution in [0.15, 0.2) is 54.9 Å². The summed E-state index contributed by atoms with van der Waals surface area (Å²) in [5, 5.41) is 10.7. The molecule has 11 nitrogen and oxygen atoms in total. The molecule has 4 amide bonds. The number of para-hydroxylation sites is 2. The van der Waals surface area contributed by atoms with Gasteiger partial charge in [-0.2, -0.15) is 5.10 Å². The first-order valence-electron chi connectivity index (χ1n) is 14.8. The van der Waals surface area contributed by atoms with Crippen LogP contribution in [0, 0.1) is 5.92 Å². The minimum atomic E-state index is -0.968. The summed E-state index contributed by atoms with van der Waals surface area (Å²) in [6.07, 6.45) is 8.49.